The van der Waals surface area contributed by atoms with E-state index in [4.69, 9.17) is 5.73 Å². The monoisotopic (exact) mass is 303 g/mol. The molecule has 0 bridgehead atoms. The lowest BCUT2D eigenvalue weighted by Crippen LogP contribution is -2.46. The van der Waals surface area contributed by atoms with Crippen molar-refractivity contribution >= 4 is 22.3 Å². The fourth-order valence-electron chi connectivity index (χ4n) is 2.62. The van der Waals surface area contributed by atoms with Gasteiger partial charge in [0.2, 0.25) is 0 Å². The number of pyridine rings is 1. The normalized spacial score (nSPS) is 17.1. The Bertz CT molecular complexity index is 587. The van der Waals surface area contributed by atoms with E-state index in [1.807, 2.05) is 32.2 Å². The van der Waals surface area contributed by atoms with Crippen LogP contribution in [0.3, 0.4) is 0 Å². The van der Waals surface area contributed by atoms with Crippen molar-refractivity contribution in [1.82, 2.24) is 9.97 Å². The zero-order valence-corrected chi connectivity index (χ0v) is 13.3. The summed E-state index contributed by atoms with van der Waals surface area (Å²) in [5.41, 5.74) is 7.06. The molecule has 1 aliphatic rings. The number of rotatable bonds is 3. The van der Waals surface area contributed by atoms with Gasteiger partial charge in [-0.05, 0) is 26.0 Å². The number of aromatic nitrogens is 2. The number of thiazole rings is 1. The van der Waals surface area contributed by atoms with E-state index >= 15 is 0 Å². The molecule has 1 unspecified atom stereocenters. The maximum absolute atomic E-state index is 5.99. The van der Waals surface area contributed by atoms with Gasteiger partial charge in [-0.1, -0.05) is 6.07 Å². The molecule has 3 rings (SSSR count). The van der Waals surface area contributed by atoms with E-state index in [-0.39, 0.29) is 6.04 Å². The molecule has 6 heteroatoms. The molecule has 0 aromatic carbocycles. The van der Waals surface area contributed by atoms with Gasteiger partial charge in [0.05, 0.1) is 5.69 Å². The van der Waals surface area contributed by atoms with Crippen LogP contribution in [0.5, 0.6) is 0 Å². The van der Waals surface area contributed by atoms with E-state index in [1.54, 1.807) is 11.3 Å². The van der Waals surface area contributed by atoms with Crippen molar-refractivity contribution in [3.05, 3.63) is 35.0 Å². The zero-order valence-electron chi connectivity index (χ0n) is 12.5. The van der Waals surface area contributed by atoms with Crippen LogP contribution in [0.25, 0.3) is 0 Å². The lowest BCUT2D eigenvalue weighted by molar-refractivity contribution is 0.645. The lowest BCUT2D eigenvalue weighted by atomic mass is 10.2. The largest absolute Gasteiger partial charge is 0.353 e. The second-order valence-corrected chi connectivity index (χ2v) is 6.41. The Kier molecular flexibility index (Phi) is 4.07. The van der Waals surface area contributed by atoms with Crippen molar-refractivity contribution in [3.63, 3.8) is 0 Å². The van der Waals surface area contributed by atoms with Gasteiger partial charge in [0.1, 0.15) is 5.82 Å². The maximum atomic E-state index is 5.99. The molecule has 1 aliphatic heterocycles. The minimum Gasteiger partial charge on any atom is -0.353 e. The fourth-order valence-corrected chi connectivity index (χ4v) is 3.69. The highest BCUT2D eigenvalue weighted by atomic mass is 32.1. The van der Waals surface area contributed by atoms with Gasteiger partial charge in [-0.2, -0.15) is 0 Å². The summed E-state index contributed by atoms with van der Waals surface area (Å²) in [7, 11) is 0. The van der Waals surface area contributed by atoms with Crippen molar-refractivity contribution in [3.8, 4) is 0 Å². The summed E-state index contributed by atoms with van der Waals surface area (Å²) in [4.78, 5) is 15.0. The minimum atomic E-state index is 0.0612. The summed E-state index contributed by atoms with van der Waals surface area (Å²) in [5.74, 6) is 1.06. The summed E-state index contributed by atoms with van der Waals surface area (Å²) >= 11 is 1.73. The van der Waals surface area contributed by atoms with Crippen LogP contribution in [0.15, 0.2) is 24.4 Å². The number of nitrogens with two attached hydrogens (primary N) is 1. The van der Waals surface area contributed by atoms with Crippen molar-refractivity contribution in [2.24, 2.45) is 5.73 Å². The molecule has 2 aromatic heterocycles. The molecule has 21 heavy (non-hydrogen) atoms. The van der Waals surface area contributed by atoms with Gasteiger partial charge < -0.3 is 15.5 Å². The number of aryl methyl sites for hydroxylation is 1. The molecular weight excluding hydrogens is 282 g/mol. The average molecular weight is 303 g/mol. The first-order valence-electron chi connectivity index (χ1n) is 7.29. The predicted molar refractivity (Wildman–Crippen MR) is 88.1 cm³/mol. The topological polar surface area (TPSA) is 58.3 Å². The highest BCUT2D eigenvalue weighted by molar-refractivity contribution is 7.15. The first kappa shape index (κ1) is 14.3. The lowest BCUT2D eigenvalue weighted by Gasteiger charge is -2.35. The number of anilines is 2. The third-order valence-corrected chi connectivity index (χ3v) is 5.18. The van der Waals surface area contributed by atoms with E-state index < -0.39 is 0 Å². The number of nitrogens with zero attached hydrogens (tertiary/aromatic N) is 4. The van der Waals surface area contributed by atoms with E-state index in [1.165, 1.54) is 4.88 Å². The van der Waals surface area contributed by atoms with Gasteiger partial charge in [-0.15, -0.1) is 11.3 Å². The summed E-state index contributed by atoms with van der Waals surface area (Å²) in [6, 6.07) is 6.12. The molecule has 2 aromatic rings. The van der Waals surface area contributed by atoms with Crippen molar-refractivity contribution in [2.75, 3.05) is 36.0 Å². The SMILES string of the molecule is Cc1nc(N2CCN(c3ccccn3)CC2)sc1C(C)N. The van der Waals surface area contributed by atoms with Crippen molar-refractivity contribution in [2.45, 2.75) is 19.9 Å². The van der Waals surface area contributed by atoms with Crippen LogP contribution in [-0.4, -0.2) is 36.1 Å². The quantitative estimate of drug-likeness (QED) is 0.942. The number of hydrogen-bond donors (Lipinski definition) is 1. The van der Waals surface area contributed by atoms with Crippen LogP contribution in [0.4, 0.5) is 10.9 Å². The summed E-state index contributed by atoms with van der Waals surface area (Å²) < 4.78 is 0. The third-order valence-electron chi connectivity index (χ3n) is 3.76. The summed E-state index contributed by atoms with van der Waals surface area (Å²) in [5, 5.41) is 1.10. The summed E-state index contributed by atoms with van der Waals surface area (Å²) in [6.07, 6.45) is 1.85. The van der Waals surface area contributed by atoms with Crippen LogP contribution < -0.4 is 15.5 Å². The molecule has 0 aliphatic carbocycles. The molecule has 3 heterocycles. The van der Waals surface area contributed by atoms with Gasteiger partial charge in [-0.25, -0.2) is 9.97 Å². The molecule has 0 amide bonds. The number of hydrogen-bond acceptors (Lipinski definition) is 6. The smallest absolute Gasteiger partial charge is 0.185 e. The highest BCUT2D eigenvalue weighted by Crippen LogP contribution is 2.30. The Morgan fingerprint density at radius 3 is 2.48 bits per heavy atom. The van der Waals surface area contributed by atoms with E-state index in [2.05, 4.69) is 25.8 Å². The van der Waals surface area contributed by atoms with Gasteiger partial charge in [0.15, 0.2) is 5.13 Å². The Balaban J connectivity index is 1.67. The Morgan fingerprint density at radius 1 is 1.19 bits per heavy atom. The molecule has 5 nitrogen and oxygen atoms in total. The van der Waals surface area contributed by atoms with Crippen LogP contribution in [0.1, 0.15) is 23.5 Å². The Hall–Kier alpha value is -1.66. The standard InChI is InChI=1S/C15H21N5S/c1-11(16)14-12(2)18-15(21-14)20-9-7-19(8-10-20)13-5-3-4-6-17-13/h3-6,11H,7-10,16H2,1-2H3. The molecule has 1 atom stereocenters. The van der Waals surface area contributed by atoms with E-state index in [0.717, 1.165) is 42.8 Å². The Labute approximate surface area is 129 Å². The zero-order chi connectivity index (χ0) is 14.8. The molecule has 0 spiro atoms. The minimum absolute atomic E-state index is 0.0612. The van der Waals surface area contributed by atoms with Gasteiger partial charge in [0, 0.05) is 43.3 Å². The van der Waals surface area contributed by atoms with Gasteiger partial charge in [0.25, 0.3) is 0 Å². The van der Waals surface area contributed by atoms with Crippen molar-refractivity contribution in [1.29, 1.82) is 0 Å². The highest BCUT2D eigenvalue weighted by Gasteiger charge is 2.21. The van der Waals surface area contributed by atoms with Crippen molar-refractivity contribution < 1.29 is 0 Å². The second kappa shape index (κ2) is 5.99. The van der Waals surface area contributed by atoms with Crippen LogP contribution in [-0.2, 0) is 0 Å². The first-order valence-corrected chi connectivity index (χ1v) is 8.10. The fraction of sp³-hybridized carbons (Fsp3) is 0.467. The van der Waals surface area contributed by atoms with Crippen LogP contribution in [0.2, 0.25) is 0 Å². The molecule has 2 N–H and O–H groups in total. The molecule has 112 valence electrons. The van der Waals surface area contributed by atoms with Crippen LogP contribution in [0, 0.1) is 6.92 Å². The summed E-state index contributed by atoms with van der Waals surface area (Å²) in [6.45, 7) is 7.96. The average Bonchev–Trinajstić information content (AvgIpc) is 2.90. The second-order valence-electron chi connectivity index (χ2n) is 5.40. The molecule has 1 saturated heterocycles. The van der Waals surface area contributed by atoms with Gasteiger partial charge in [-0.3, -0.25) is 0 Å². The molecule has 0 saturated carbocycles. The molecule has 0 radical (unpaired) electrons. The van der Waals surface area contributed by atoms with E-state index in [0.29, 0.717) is 0 Å². The first-order chi connectivity index (χ1) is 10.1. The van der Waals surface area contributed by atoms with Gasteiger partial charge >= 0.3 is 0 Å². The molecular formula is C15H21N5S. The van der Waals surface area contributed by atoms with E-state index in [9.17, 15) is 0 Å². The maximum Gasteiger partial charge on any atom is 0.185 e. The van der Waals surface area contributed by atoms with Crippen LogP contribution >= 0.6 is 11.3 Å². The third kappa shape index (κ3) is 3.01. The predicted octanol–water partition coefficient (Wildman–Crippen LogP) is 2.19. The molecule has 1 fully saturated rings. The number of piperazine rings is 1. The Morgan fingerprint density at radius 2 is 1.90 bits per heavy atom.